The van der Waals surface area contributed by atoms with Crippen molar-refractivity contribution in [3.05, 3.63) is 111 Å². The molecule has 7 heteroatoms. The first kappa shape index (κ1) is 21.3. The van der Waals surface area contributed by atoms with Crippen molar-refractivity contribution in [3.63, 3.8) is 0 Å². The van der Waals surface area contributed by atoms with E-state index >= 15 is 0 Å². The van der Waals surface area contributed by atoms with Gasteiger partial charge in [-0.15, -0.1) is 11.8 Å². The maximum Gasteiger partial charge on any atom is 0.343 e. The minimum atomic E-state index is -0.423. The molecule has 0 saturated heterocycles. The van der Waals surface area contributed by atoms with Crippen LogP contribution in [0.2, 0.25) is 0 Å². The van der Waals surface area contributed by atoms with Crippen LogP contribution in [-0.4, -0.2) is 16.3 Å². The highest BCUT2D eigenvalue weighted by Gasteiger charge is 2.36. The van der Waals surface area contributed by atoms with Gasteiger partial charge in [0.2, 0.25) is 0 Å². The molecule has 33 heavy (non-hydrogen) atoms. The predicted molar refractivity (Wildman–Crippen MR) is 129 cm³/mol. The van der Waals surface area contributed by atoms with Crippen molar-refractivity contribution in [1.82, 2.24) is 4.57 Å². The van der Waals surface area contributed by atoms with E-state index in [1.54, 1.807) is 52.7 Å². The third-order valence-electron chi connectivity index (χ3n) is 5.52. The fraction of sp³-hybridized carbons (Fsp3) is 0.115. The summed E-state index contributed by atoms with van der Waals surface area (Å²) in [6.07, 6.45) is 0. The lowest BCUT2D eigenvalue weighted by Gasteiger charge is -2.27. The zero-order chi connectivity index (χ0) is 22.8. The van der Waals surface area contributed by atoms with Gasteiger partial charge in [0.05, 0.1) is 28.3 Å². The summed E-state index contributed by atoms with van der Waals surface area (Å²) in [6, 6.07) is 28.0. The summed E-state index contributed by atoms with van der Waals surface area (Å²) in [4.78, 5) is 26.1. The van der Waals surface area contributed by atoms with Crippen molar-refractivity contribution in [1.29, 1.82) is 5.26 Å². The molecule has 5 nitrogen and oxygen atoms in total. The number of nitriles is 1. The number of carbonyl (C=O) groups is 1. The van der Waals surface area contributed by atoms with E-state index in [0.717, 1.165) is 21.2 Å². The standard InChI is InChI=1S/C26H18N2O3S2/c27-15-19-16-32-24-23(33-26(30)28(24)20-9-5-2-6-10-20)22(19)17-11-13-21(14-12-17)31-25(29)18-7-3-1-4-8-18/h1-14,19,22H,16H2. The van der Waals surface area contributed by atoms with Crippen molar-refractivity contribution >= 4 is 29.1 Å². The fourth-order valence-corrected chi connectivity index (χ4v) is 6.57. The number of benzene rings is 3. The molecule has 3 aromatic carbocycles. The SMILES string of the molecule is N#CC1CSc2c(sc(=O)n2-c2ccccc2)C1c1ccc(OC(=O)c2ccccc2)cc1. The average molecular weight is 471 g/mol. The van der Waals surface area contributed by atoms with Gasteiger partial charge in [0.25, 0.3) is 0 Å². The van der Waals surface area contributed by atoms with Crippen LogP contribution in [0.4, 0.5) is 0 Å². The summed E-state index contributed by atoms with van der Waals surface area (Å²) in [7, 11) is 0. The van der Waals surface area contributed by atoms with Gasteiger partial charge >= 0.3 is 10.8 Å². The van der Waals surface area contributed by atoms with Crippen LogP contribution in [0.3, 0.4) is 0 Å². The van der Waals surface area contributed by atoms with Gasteiger partial charge < -0.3 is 4.74 Å². The van der Waals surface area contributed by atoms with Gasteiger partial charge in [0.1, 0.15) is 5.75 Å². The normalized spacial score (nSPS) is 17.1. The second kappa shape index (κ2) is 9.10. The lowest BCUT2D eigenvalue weighted by atomic mass is 9.86. The van der Waals surface area contributed by atoms with Crippen LogP contribution in [0, 0.1) is 17.2 Å². The van der Waals surface area contributed by atoms with Crippen LogP contribution in [0.25, 0.3) is 5.69 Å². The number of hydrogen-bond acceptors (Lipinski definition) is 6. The van der Waals surface area contributed by atoms with Crippen LogP contribution in [-0.2, 0) is 0 Å². The number of carbonyl (C=O) groups excluding carboxylic acids is 1. The lowest BCUT2D eigenvalue weighted by Crippen LogP contribution is -2.20. The van der Waals surface area contributed by atoms with E-state index in [2.05, 4.69) is 6.07 Å². The van der Waals surface area contributed by atoms with Crippen LogP contribution < -0.4 is 9.61 Å². The molecule has 5 rings (SSSR count). The van der Waals surface area contributed by atoms with E-state index in [0.29, 0.717) is 17.1 Å². The topological polar surface area (TPSA) is 72.1 Å². The van der Waals surface area contributed by atoms with E-state index in [-0.39, 0.29) is 16.7 Å². The first-order valence-electron chi connectivity index (χ1n) is 10.4. The van der Waals surface area contributed by atoms with Crippen molar-refractivity contribution in [3.8, 4) is 17.5 Å². The number of ether oxygens (including phenoxy) is 1. The summed E-state index contributed by atoms with van der Waals surface area (Å²) in [6.45, 7) is 0. The van der Waals surface area contributed by atoms with Gasteiger partial charge in [-0.25, -0.2) is 4.79 Å². The monoisotopic (exact) mass is 470 g/mol. The molecule has 0 bridgehead atoms. The molecule has 1 aromatic heterocycles. The molecule has 0 fully saturated rings. The molecule has 2 unspecified atom stereocenters. The zero-order valence-electron chi connectivity index (χ0n) is 17.4. The molecular weight excluding hydrogens is 452 g/mol. The van der Waals surface area contributed by atoms with Crippen LogP contribution in [0.1, 0.15) is 26.7 Å². The summed E-state index contributed by atoms with van der Waals surface area (Å²) in [5.41, 5.74) is 2.22. The van der Waals surface area contributed by atoms with E-state index < -0.39 is 5.97 Å². The first-order valence-corrected chi connectivity index (χ1v) is 12.2. The van der Waals surface area contributed by atoms with Crippen LogP contribution in [0.15, 0.2) is 94.7 Å². The Morgan fingerprint density at radius 2 is 1.64 bits per heavy atom. The van der Waals surface area contributed by atoms with Gasteiger partial charge in [0.15, 0.2) is 0 Å². The number of rotatable bonds is 4. The molecule has 0 saturated carbocycles. The Bertz CT molecular complexity index is 1390. The van der Waals surface area contributed by atoms with Crippen molar-refractivity contribution in [2.45, 2.75) is 10.9 Å². The average Bonchev–Trinajstić information content (AvgIpc) is 3.20. The smallest absolute Gasteiger partial charge is 0.343 e. The van der Waals surface area contributed by atoms with Crippen molar-refractivity contribution < 1.29 is 9.53 Å². The summed E-state index contributed by atoms with van der Waals surface area (Å²) in [5, 5.41) is 10.7. The number of esters is 1. The molecule has 1 aliphatic heterocycles. The number of thiazole rings is 1. The Morgan fingerprint density at radius 1 is 0.970 bits per heavy atom. The first-order chi connectivity index (χ1) is 16.2. The molecule has 1 aliphatic rings. The summed E-state index contributed by atoms with van der Waals surface area (Å²) >= 11 is 2.75. The molecule has 0 radical (unpaired) electrons. The molecular formula is C26H18N2O3S2. The Labute approximate surface area is 198 Å². The van der Waals surface area contributed by atoms with Gasteiger partial charge in [-0.2, -0.15) is 5.26 Å². The molecule has 2 atom stereocenters. The van der Waals surface area contributed by atoms with E-state index in [1.165, 1.54) is 11.3 Å². The highest BCUT2D eigenvalue weighted by molar-refractivity contribution is 7.99. The summed E-state index contributed by atoms with van der Waals surface area (Å²) in [5.74, 6) is 0.131. The Morgan fingerprint density at radius 3 is 2.30 bits per heavy atom. The predicted octanol–water partition coefficient (Wildman–Crippen LogP) is 5.50. The third kappa shape index (κ3) is 4.11. The largest absolute Gasteiger partial charge is 0.423 e. The van der Waals surface area contributed by atoms with E-state index in [4.69, 9.17) is 4.74 Å². The van der Waals surface area contributed by atoms with Crippen LogP contribution >= 0.6 is 23.1 Å². The molecule has 0 spiro atoms. The Hall–Kier alpha value is -3.60. The Kier molecular flexibility index (Phi) is 5.86. The zero-order valence-corrected chi connectivity index (χ0v) is 19.0. The maximum atomic E-state index is 12.9. The Balaban J connectivity index is 1.47. The summed E-state index contributed by atoms with van der Waals surface area (Å²) < 4.78 is 7.22. The lowest BCUT2D eigenvalue weighted by molar-refractivity contribution is 0.0734. The van der Waals surface area contributed by atoms with E-state index in [9.17, 15) is 14.9 Å². The van der Waals surface area contributed by atoms with Crippen molar-refractivity contribution in [2.24, 2.45) is 5.92 Å². The minimum Gasteiger partial charge on any atom is -0.423 e. The number of aromatic nitrogens is 1. The van der Waals surface area contributed by atoms with Gasteiger partial charge in [-0.3, -0.25) is 9.36 Å². The molecule has 2 heterocycles. The maximum absolute atomic E-state index is 12.9. The van der Waals surface area contributed by atoms with Gasteiger partial charge in [-0.1, -0.05) is 59.9 Å². The van der Waals surface area contributed by atoms with Crippen molar-refractivity contribution in [2.75, 3.05) is 5.75 Å². The van der Waals surface area contributed by atoms with Gasteiger partial charge in [-0.05, 0) is 42.0 Å². The quantitative estimate of drug-likeness (QED) is 0.291. The number of thioether (sulfide) groups is 1. The number of nitrogens with zero attached hydrogens (tertiary/aromatic N) is 2. The number of hydrogen-bond donors (Lipinski definition) is 0. The molecule has 162 valence electrons. The second-order valence-corrected chi connectivity index (χ2v) is 9.56. The second-order valence-electron chi connectivity index (χ2n) is 7.56. The number of fused-ring (bicyclic) bond motifs is 1. The molecule has 0 aliphatic carbocycles. The molecule has 0 N–H and O–H groups in total. The highest BCUT2D eigenvalue weighted by Crippen LogP contribution is 2.46. The van der Waals surface area contributed by atoms with Gasteiger partial charge in [0, 0.05) is 16.5 Å². The highest BCUT2D eigenvalue weighted by atomic mass is 32.2. The van der Waals surface area contributed by atoms with Crippen LogP contribution in [0.5, 0.6) is 5.75 Å². The minimum absolute atomic E-state index is 0.0595. The fourth-order valence-electron chi connectivity index (χ4n) is 3.93. The van der Waals surface area contributed by atoms with E-state index in [1.807, 2.05) is 48.5 Å². The molecule has 0 amide bonds. The third-order valence-corrected chi connectivity index (χ3v) is 7.87. The molecule has 4 aromatic rings. The number of para-hydroxylation sites is 1.